The Morgan fingerprint density at radius 3 is 2.95 bits per heavy atom. The number of anilines is 2. The smallest absolute Gasteiger partial charge is 0.411 e. The number of carbonyl (C=O) groups excluding carboxylic acids is 1. The molecule has 1 aromatic rings. The Hall–Kier alpha value is -2.28. The van der Waals surface area contributed by atoms with E-state index in [2.05, 4.69) is 5.32 Å². The summed E-state index contributed by atoms with van der Waals surface area (Å²) in [4.78, 5) is 23.8. The summed E-state index contributed by atoms with van der Waals surface area (Å²) in [7, 11) is 0. The lowest BCUT2D eigenvalue weighted by atomic mass is 10.2. The summed E-state index contributed by atoms with van der Waals surface area (Å²) in [6.45, 7) is 0.868. The number of carboxylic acid groups (broad SMARTS) is 1. The average Bonchev–Trinajstić information content (AvgIpc) is 2.42. The van der Waals surface area contributed by atoms with Crippen LogP contribution in [0.5, 0.6) is 5.75 Å². The molecular formula is C13H17N3O4. The minimum absolute atomic E-state index is 0.0223. The van der Waals surface area contributed by atoms with Gasteiger partial charge in [0.05, 0.1) is 5.69 Å². The summed E-state index contributed by atoms with van der Waals surface area (Å²) in [5.74, 6) is 0.292. The van der Waals surface area contributed by atoms with Crippen LogP contribution in [0.1, 0.15) is 12.8 Å². The molecule has 7 nitrogen and oxygen atoms in total. The number of amides is 2. The molecule has 0 aromatic heterocycles. The predicted octanol–water partition coefficient (Wildman–Crippen LogP) is 1.24. The molecule has 4 N–H and O–H groups in total. The van der Waals surface area contributed by atoms with Gasteiger partial charge in [0.1, 0.15) is 5.75 Å². The maximum absolute atomic E-state index is 11.3. The van der Waals surface area contributed by atoms with Crippen molar-refractivity contribution < 1.29 is 19.4 Å². The molecule has 2 amide bonds. The number of rotatable bonds is 5. The average molecular weight is 279 g/mol. The third kappa shape index (κ3) is 3.18. The monoisotopic (exact) mass is 279 g/mol. The van der Waals surface area contributed by atoms with Crippen LogP contribution in [0.4, 0.5) is 16.2 Å². The molecule has 7 heteroatoms. The fourth-order valence-electron chi connectivity index (χ4n) is 1.99. The number of benzene rings is 1. The van der Waals surface area contributed by atoms with E-state index < -0.39 is 6.09 Å². The van der Waals surface area contributed by atoms with E-state index in [9.17, 15) is 14.7 Å². The Morgan fingerprint density at radius 1 is 1.45 bits per heavy atom. The molecule has 0 unspecified atom stereocenters. The first-order valence-electron chi connectivity index (χ1n) is 6.39. The van der Waals surface area contributed by atoms with E-state index in [-0.39, 0.29) is 12.5 Å². The van der Waals surface area contributed by atoms with Gasteiger partial charge in [-0.15, -0.1) is 0 Å². The number of nitrogens with two attached hydrogens (primary N) is 1. The molecule has 1 aliphatic heterocycles. The lowest BCUT2D eigenvalue weighted by molar-refractivity contribution is -0.118. The number of hydrogen-bond donors (Lipinski definition) is 3. The van der Waals surface area contributed by atoms with Crippen LogP contribution in [-0.4, -0.2) is 36.8 Å². The predicted molar refractivity (Wildman–Crippen MR) is 74.2 cm³/mol. The van der Waals surface area contributed by atoms with E-state index in [0.717, 1.165) is 6.42 Å². The summed E-state index contributed by atoms with van der Waals surface area (Å²) in [5.41, 5.74) is 6.39. The SMILES string of the molecule is NCCCCN(C(=O)O)c1ccc2c(c1)NC(=O)CO2. The molecule has 0 fully saturated rings. The van der Waals surface area contributed by atoms with E-state index in [0.29, 0.717) is 36.6 Å². The van der Waals surface area contributed by atoms with Crippen molar-refractivity contribution in [1.29, 1.82) is 0 Å². The molecule has 20 heavy (non-hydrogen) atoms. The minimum Gasteiger partial charge on any atom is -0.482 e. The fourth-order valence-corrected chi connectivity index (χ4v) is 1.99. The van der Waals surface area contributed by atoms with Crippen molar-refractivity contribution in [2.45, 2.75) is 12.8 Å². The van der Waals surface area contributed by atoms with Gasteiger partial charge in [0.25, 0.3) is 5.91 Å². The Morgan fingerprint density at radius 2 is 2.25 bits per heavy atom. The molecular weight excluding hydrogens is 262 g/mol. The Labute approximate surface area is 116 Å². The highest BCUT2D eigenvalue weighted by Crippen LogP contribution is 2.32. The Bertz CT molecular complexity index is 518. The summed E-state index contributed by atoms with van der Waals surface area (Å²) in [5, 5.41) is 11.9. The van der Waals surface area contributed by atoms with Crippen LogP contribution in [0.3, 0.4) is 0 Å². The van der Waals surface area contributed by atoms with E-state index in [1.165, 1.54) is 4.90 Å². The number of hydrogen-bond acceptors (Lipinski definition) is 4. The number of nitrogens with zero attached hydrogens (tertiary/aromatic N) is 1. The van der Waals surface area contributed by atoms with Gasteiger partial charge in [-0.3, -0.25) is 9.69 Å². The molecule has 0 aliphatic carbocycles. The van der Waals surface area contributed by atoms with Crippen LogP contribution >= 0.6 is 0 Å². The van der Waals surface area contributed by atoms with Gasteiger partial charge in [-0.05, 0) is 37.6 Å². The normalized spacial score (nSPS) is 13.2. The maximum atomic E-state index is 11.3. The minimum atomic E-state index is -1.04. The molecule has 1 aliphatic rings. The van der Waals surface area contributed by atoms with Crippen molar-refractivity contribution in [3.8, 4) is 5.75 Å². The molecule has 1 heterocycles. The summed E-state index contributed by atoms with van der Waals surface area (Å²) >= 11 is 0. The molecule has 0 spiro atoms. The molecule has 0 saturated heterocycles. The van der Waals surface area contributed by atoms with Gasteiger partial charge >= 0.3 is 6.09 Å². The number of unbranched alkanes of at least 4 members (excludes halogenated alkanes) is 1. The molecule has 0 atom stereocenters. The number of carbonyl (C=O) groups is 2. The van der Waals surface area contributed by atoms with E-state index in [1.54, 1.807) is 18.2 Å². The van der Waals surface area contributed by atoms with Gasteiger partial charge in [-0.1, -0.05) is 0 Å². The van der Waals surface area contributed by atoms with Crippen molar-refractivity contribution in [3.63, 3.8) is 0 Å². The number of nitrogens with one attached hydrogen (secondary N) is 1. The zero-order valence-corrected chi connectivity index (χ0v) is 11.0. The van der Waals surface area contributed by atoms with Gasteiger partial charge < -0.3 is 20.9 Å². The third-order valence-corrected chi connectivity index (χ3v) is 2.97. The summed E-state index contributed by atoms with van der Waals surface area (Å²) in [6, 6.07) is 4.92. The standard InChI is InChI=1S/C13H17N3O4/c14-5-1-2-6-16(13(18)19)9-3-4-11-10(7-9)15-12(17)8-20-11/h3-4,7H,1-2,5-6,8,14H2,(H,15,17)(H,18,19). The highest BCUT2D eigenvalue weighted by Gasteiger charge is 2.20. The van der Waals surface area contributed by atoms with Crippen molar-refractivity contribution >= 4 is 23.4 Å². The molecule has 0 saturated carbocycles. The highest BCUT2D eigenvalue weighted by molar-refractivity contribution is 5.97. The van der Waals surface area contributed by atoms with Crippen LogP contribution in [-0.2, 0) is 4.79 Å². The molecule has 108 valence electrons. The van der Waals surface area contributed by atoms with Gasteiger partial charge in [0.2, 0.25) is 0 Å². The number of fused-ring (bicyclic) bond motifs is 1. The van der Waals surface area contributed by atoms with E-state index >= 15 is 0 Å². The van der Waals surface area contributed by atoms with Gasteiger partial charge in [-0.25, -0.2) is 4.79 Å². The van der Waals surface area contributed by atoms with Crippen molar-refractivity contribution in [2.75, 3.05) is 29.9 Å². The Kier molecular flexibility index (Phi) is 4.41. The van der Waals surface area contributed by atoms with Gasteiger partial charge in [0.15, 0.2) is 6.61 Å². The second-order valence-corrected chi connectivity index (χ2v) is 4.45. The topological polar surface area (TPSA) is 105 Å². The third-order valence-electron chi connectivity index (χ3n) is 2.97. The maximum Gasteiger partial charge on any atom is 0.411 e. The van der Waals surface area contributed by atoms with Crippen LogP contribution in [0, 0.1) is 0 Å². The highest BCUT2D eigenvalue weighted by atomic mass is 16.5. The first-order chi connectivity index (χ1) is 9.61. The lowest BCUT2D eigenvalue weighted by Gasteiger charge is -2.23. The summed E-state index contributed by atoms with van der Waals surface area (Å²) < 4.78 is 5.23. The first-order valence-corrected chi connectivity index (χ1v) is 6.39. The van der Waals surface area contributed by atoms with Crippen LogP contribution in [0.15, 0.2) is 18.2 Å². The zero-order chi connectivity index (χ0) is 14.5. The molecule has 0 bridgehead atoms. The fraction of sp³-hybridized carbons (Fsp3) is 0.385. The number of ether oxygens (including phenoxy) is 1. The lowest BCUT2D eigenvalue weighted by Crippen LogP contribution is -2.31. The zero-order valence-electron chi connectivity index (χ0n) is 11.0. The van der Waals surface area contributed by atoms with Crippen molar-refractivity contribution in [1.82, 2.24) is 0 Å². The van der Waals surface area contributed by atoms with Crippen LogP contribution in [0.2, 0.25) is 0 Å². The second kappa shape index (κ2) is 6.25. The van der Waals surface area contributed by atoms with Crippen molar-refractivity contribution in [3.05, 3.63) is 18.2 Å². The first kappa shape index (κ1) is 14.1. The second-order valence-electron chi connectivity index (χ2n) is 4.45. The summed E-state index contributed by atoms with van der Waals surface area (Å²) in [6.07, 6.45) is 0.405. The van der Waals surface area contributed by atoms with Crippen LogP contribution < -0.4 is 20.7 Å². The molecule has 0 radical (unpaired) electrons. The molecule has 2 rings (SSSR count). The van der Waals surface area contributed by atoms with Gasteiger partial charge in [0, 0.05) is 12.2 Å². The largest absolute Gasteiger partial charge is 0.482 e. The quantitative estimate of drug-likeness (QED) is 0.703. The van der Waals surface area contributed by atoms with Gasteiger partial charge in [-0.2, -0.15) is 0 Å². The van der Waals surface area contributed by atoms with E-state index in [1.807, 2.05) is 0 Å². The van der Waals surface area contributed by atoms with E-state index in [4.69, 9.17) is 10.5 Å². The Balaban J connectivity index is 2.18. The van der Waals surface area contributed by atoms with Crippen LogP contribution in [0.25, 0.3) is 0 Å². The van der Waals surface area contributed by atoms with Crippen molar-refractivity contribution in [2.24, 2.45) is 5.73 Å². The molecule has 1 aromatic carbocycles.